The van der Waals surface area contributed by atoms with Crippen LogP contribution in [0.1, 0.15) is 13.8 Å². The van der Waals surface area contributed by atoms with E-state index in [0.29, 0.717) is 0 Å². The average molecular weight is 246 g/mol. The normalized spacial score (nSPS) is 12.0. The van der Waals surface area contributed by atoms with Crippen LogP contribution in [0.25, 0.3) is 0 Å². The molecule has 0 spiro atoms. The van der Waals surface area contributed by atoms with E-state index < -0.39 is 15.8 Å². The van der Waals surface area contributed by atoms with Gasteiger partial charge in [-0.25, -0.2) is 17.5 Å². The monoisotopic (exact) mass is 246 g/mol. The Bertz CT molecular complexity index is 472. The van der Waals surface area contributed by atoms with E-state index in [1.54, 1.807) is 0 Å². The predicted octanol–water partition coefficient (Wildman–Crippen LogP) is 1.34. The molecule has 4 nitrogen and oxygen atoms in total. The summed E-state index contributed by atoms with van der Waals surface area (Å²) in [5.74, 6) is -0.678. The number of hydrogen-bond donors (Lipinski definition) is 2. The number of sulfonamides is 1. The minimum atomic E-state index is -3.78. The largest absolute Gasteiger partial charge is 0.399 e. The molecule has 0 saturated heterocycles. The molecule has 3 N–H and O–H groups in total. The molecule has 0 aliphatic carbocycles. The van der Waals surface area contributed by atoms with Crippen LogP contribution in [-0.4, -0.2) is 15.0 Å². The summed E-state index contributed by atoms with van der Waals surface area (Å²) >= 11 is 0. The first-order valence-corrected chi connectivity index (χ1v) is 6.36. The van der Waals surface area contributed by atoms with E-state index in [2.05, 4.69) is 4.72 Å². The fourth-order valence-electron chi connectivity index (χ4n) is 1.09. The maximum absolute atomic E-state index is 13.4. The quantitative estimate of drug-likeness (QED) is 0.787. The minimum absolute atomic E-state index is 0.159. The molecular formula is C10H15FN2O2S. The van der Waals surface area contributed by atoms with Gasteiger partial charge in [-0.15, -0.1) is 0 Å². The average Bonchev–Trinajstić information content (AvgIpc) is 2.14. The van der Waals surface area contributed by atoms with E-state index >= 15 is 0 Å². The van der Waals surface area contributed by atoms with Crippen LogP contribution in [0.3, 0.4) is 0 Å². The van der Waals surface area contributed by atoms with Crippen molar-refractivity contribution >= 4 is 15.7 Å². The lowest BCUT2D eigenvalue weighted by molar-refractivity contribution is 0.544. The van der Waals surface area contributed by atoms with Crippen molar-refractivity contribution in [1.29, 1.82) is 0 Å². The molecule has 0 aliphatic heterocycles. The Kier molecular flexibility index (Phi) is 3.88. The van der Waals surface area contributed by atoms with Crippen LogP contribution >= 0.6 is 0 Å². The highest BCUT2D eigenvalue weighted by molar-refractivity contribution is 7.89. The molecule has 16 heavy (non-hydrogen) atoms. The molecule has 1 aromatic rings. The Labute approximate surface area is 94.7 Å². The Morgan fingerprint density at radius 2 is 2.06 bits per heavy atom. The van der Waals surface area contributed by atoms with Crippen LogP contribution in [0.4, 0.5) is 10.1 Å². The van der Waals surface area contributed by atoms with Gasteiger partial charge >= 0.3 is 0 Å². The summed E-state index contributed by atoms with van der Waals surface area (Å²) in [6.07, 6.45) is 0. The summed E-state index contributed by atoms with van der Waals surface area (Å²) in [7, 11) is -3.78. The lowest BCUT2D eigenvalue weighted by Crippen LogP contribution is -2.28. The van der Waals surface area contributed by atoms with E-state index in [1.165, 1.54) is 6.07 Å². The van der Waals surface area contributed by atoms with Gasteiger partial charge in [0.05, 0.1) is 0 Å². The number of nitrogens with one attached hydrogen (secondary N) is 1. The Hall–Kier alpha value is -1.14. The van der Waals surface area contributed by atoms with Gasteiger partial charge in [0, 0.05) is 12.2 Å². The Balaban J connectivity index is 2.99. The molecule has 0 aromatic heterocycles. The highest BCUT2D eigenvalue weighted by atomic mass is 32.2. The minimum Gasteiger partial charge on any atom is -0.399 e. The molecule has 0 atom stereocenters. The molecule has 0 bridgehead atoms. The van der Waals surface area contributed by atoms with Crippen molar-refractivity contribution in [2.45, 2.75) is 18.7 Å². The van der Waals surface area contributed by atoms with E-state index in [4.69, 9.17) is 5.73 Å². The van der Waals surface area contributed by atoms with Gasteiger partial charge in [0.15, 0.2) is 0 Å². The molecule has 6 heteroatoms. The smallest absolute Gasteiger partial charge is 0.243 e. The number of benzene rings is 1. The topological polar surface area (TPSA) is 72.2 Å². The maximum Gasteiger partial charge on any atom is 0.243 e. The van der Waals surface area contributed by atoms with E-state index in [9.17, 15) is 12.8 Å². The molecule has 0 amide bonds. The summed E-state index contributed by atoms with van der Waals surface area (Å²) in [4.78, 5) is -0.373. The molecule has 1 rings (SSSR count). The number of nitrogen functional groups attached to an aromatic ring is 1. The van der Waals surface area contributed by atoms with Gasteiger partial charge in [0.25, 0.3) is 0 Å². The van der Waals surface area contributed by atoms with Crippen LogP contribution in [0.2, 0.25) is 0 Å². The van der Waals surface area contributed by atoms with Crippen molar-refractivity contribution in [3.05, 3.63) is 24.0 Å². The zero-order valence-corrected chi connectivity index (χ0v) is 10.0. The summed E-state index contributed by atoms with van der Waals surface area (Å²) in [6.45, 7) is 4.00. The molecule has 1 aromatic carbocycles. The van der Waals surface area contributed by atoms with E-state index in [-0.39, 0.29) is 23.0 Å². The second-order valence-electron chi connectivity index (χ2n) is 3.94. The fraction of sp³-hybridized carbons (Fsp3) is 0.400. The maximum atomic E-state index is 13.4. The summed E-state index contributed by atoms with van der Waals surface area (Å²) < 4.78 is 39.1. The number of nitrogens with two attached hydrogens (primary N) is 1. The highest BCUT2D eigenvalue weighted by Gasteiger charge is 2.18. The molecule has 0 saturated carbocycles. The summed E-state index contributed by atoms with van der Waals surface area (Å²) in [6, 6.07) is 3.50. The standard InChI is InChI=1S/C10H15FN2O2S/c1-7(2)6-13-16(14,15)10-4-3-8(12)5-9(10)11/h3-5,7,13H,6,12H2,1-2H3. The van der Waals surface area contributed by atoms with E-state index in [0.717, 1.165) is 12.1 Å². The van der Waals surface area contributed by atoms with Crippen molar-refractivity contribution in [3.63, 3.8) is 0 Å². The van der Waals surface area contributed by atoms with Gasteiger partial charge < -0.3 is 5.73 Å². The number of halogens is 1. The zero-order chi connectivity index (χ0) is 12.3. The Morgan fingerprint density at radius 3 is 2.56 bits per heavy atom. The predicted molar refractivity (Wildman–Crippen MR) is 60.8 cm³/mol. The molecule has 0 unspecified atom stereocenters. The number of hydrogen-bond acceptors (Lipinski definition) is 3. The molecular weight excluding hydrogens is 231 g/mol. The third kappa shape index (κ3) is 3.18. The highest BCUT2D eigenvalue weighted by Crippen LogP contribution is 2.16. The van der Waals surface area contributed by atoms with Crippen LogP contribution in [0.5, 0.6) is 0 Å². The zero-order valence-electron chi connectivity index (χ0n) is 9.20. The van der Waals surface area contributed by atoms with Crippen LogP contribution in [-0.2, 0) is 10.0 Å². The third-order valence-electron chi connectivity index (χ3n) is 1.93. The number of rotatable bonds is 4. The van der Waals surface area contributed by atoms with Crippen LogP contribution < -0.4 is 10.5 Å². The fourth-order valence-corrected chi connectivity index (χ4v) is 2.36. The van der Waals surface area contributed by atoms with Crippen molar-refractivity contribution in [2.75, 3.05) is 12.3 Å². The molecule has 90 valence electrons. The van der Waals surface area contributed by atoms with Crippen LogP contribution in [0, 0.1) is 11.7 Å². The first-order chi connectivity index (χ1) is 7.33. The Morgan fingerprint density at radius 1 is 1.44 bits per heavy atom. The molecule has 0 aliphatic rings. The third-order valence-corrected chi connectivity index (χ3v) is 3.38. The first-order valence-electron chi connectivity index (χ1n) is 4.87. The van der Waals surface area contributed by atoms with Gasteiger partial charge in [-0.3, -0.25) is 0 Å². The number of anilines is 1. The summed E-state index contributed by atoms with van der Waals surface area (Å²) in [5.41, 5.74) is 5.53. The van der Waals surface area contributed by atoms with Crippen LogP contribution in [0.15, 0.2) is 23.1 Å². The van der Waals surface area contributed by atoms with Gasteiger partial charge in [-0.05, 0) is 24.1 Å². The van der Waals surface area contributed by atoms with E-state index in [1.807, 2.05) is 13.8 Å². The second-order valence-corrected chi connectivity index (χ2v) is 5.67. The molecule has 0 radical (unpaired) electrons. The van der Waals surface area contributed by atoms with Gasteiger partial charge in [-0.2, -0.15) is 0 Å². The van der Waals surface area contributed by atoms with Gasteiger partial charge in [0.1, 0.15) is 10.7 Å². The first kappa shape index (κ1) is 12.9. The molecule has 0 heterocycles. The second kappa shape index (κ2) is 4.80. The van der Waals surface area contributed by atoms with Crippen molar-refractivity contribution in [1.82, 2.24) is 4.72 Å². The van der Waals surface area contributed by atoms with Crippen molar-refractivity contribution in [2.24, 2.45) is 5.92 Å². The lowest BCUT2D eigenvalue weighted by Gasteiger charge is -2.09. The van der Waals surface area contributed by atoms with Crippen molar-refractivity contribution < 1.29 is 12.8 Å². The SMILES string of the molecule is CC(C)CNS(=O)(=O)c1ccc(N)cc1F. The summed E-state index contributed by atoms with van der Waals surface area (Å²) in [5, 5.41) is 0. The van der Waals surface area contributed by atoms with Gasteiger partial charge in [0.2, 0.25) is 10.0 Å². The molecule has 0 fully saturated rings. The van der Waals surface area contributed by atoms with Gasteiger partial charge in [-0.1, -0.05) is 13.8 Å². The van der Waals surface area contributed by atoms with Crippen molar-refractivity contribution in [3.8, 4) is 0 Å². The lowest BCUT2D eigenvalue weighted by atomic mass is 10.2.